The molecule has 1 aromatic rings. The Morgan fingerprint density at radius 1 is 1.50 bits per heavy atom. The first-order valence-corrected chi connectivity index (χ1v) is 4.76. The molecule has 0 saturated carbocycles. The number of hydrogen-bond acceptors (Lipinski definition) is 3. The van der Waals surface area contributed by atoms with Gasteiger partial charge in [-0.15, -0.1) is 0 Å². The van der Waals surface area contributed by atoms with E-state index in [-0.39, 0.29) is 6.04 Å². The van der Waals surface area contributed by atoms with E-state index in [1.807, 2.05) is 31.2 Å². The van der Waals surface area contributed by atoms with Crippen LogP contribution in [0.5, 0.6) is 5.75 Å². The first-order valence-electron chi connectivity index (χ1n) is 4.76. The molecule has 0 heterocycles. The Kier molecular flexibility index (Phi) is 3.92. The van der Waals surface area contributed by atoms with Gasteiger partial charge in [0, 0.05) is 0 Å². The molecule has 0 bridgehead atoms. The molecule has 0 fully saturated rings. The number of aliphatic hydroxyl groups is 1. The fourth-order valence-electron chi connectivity index (χ4n) is 1.32. The number of nitrogens with two attached hydrogens (primary N) is 1. The van der Waals surface area contributed by atoms with Gasteiger partial charge in [-0.2, -0.15) is 0 Å². The molecule has 3 nitrogen and oxygen atoms in total. The van der Waals surface area contributed by atoms with E-state index in [2.05, 4.69) is 0 Å². The first kappa shape index (κ1) is 11.0. The number of aliphatic hydroxyl groups excluding tert-OH is 1. The second-order valence-electron chi connectivity index (χ2n) is 3.28. The van der Waals surface area contributed by atoms with Gasteiger partial charge in [-0.1, -0.05) is 19.1 Å². The van der Waals surface area contributed by atoms with E-state index in [1.165, 1.54) is 0 Å². The van der Waals surface area contributed by atoms with Gasteiger partial charge in [-0.25, -0.2) is 0 Å². The Labute approximate surface area is 84.5 Å². The average molecular weight is 195 g/mol. The van der Waals surface area contributed by atoms with Crippen molar-refractivity contribution < 1.29 is 9.84 Å². The lowest BCUT2D eigenvalue weighted by Gasteiger charge is -2.17. The molecule has 78 valence electrons. The molecule has 0 aliphatic heterocycles. The van der Waals surface area contributed by atoms with Crippen LogP contribution < -0.4 is 10.5 Å². The van der Waals surface area contributed by atoms with Gasteiger partial charge >= 0.3 is 0 Å². The molecule has 0 amide bonds. The highest BCUT2D eigenvalue weighted by molar-refractivity contribution is 5.30. The molecule has 14 heavy (non-hydrogen) atoms. The zero-order valence-electron chi connectivity index (χ0n) is 8.60. The van der Waals surface area contributed by atoms with Crippen molar-refractivity contribution in [1.29, 1.82) is 0 Å². The summed E-state index contributed by atoms with van der Waals surface area (Å²) in [5.41, 5.74) is 6.77. The molecule has 1 rings (SSSR count). The maximum absolute atomic E-state index is 9.58. The second kappa shape index (κ2) is 4.98. The van der Waals surface area contributed by atoms with Crippen LogP contribution >= 0.6 is 0 Å². The second-order valence-corrected chi connectivity index (χ2v) is 3.28. The van der Waals surface area contributed by atoms with Gasteiger partial charge in [0.05, 0.1) is 19.3 Å². The minimum Gasteiger partial charge on any atom is -0.497 e. The Morgan fingerprint density at radius 2 is 2.21 bits per heavy atom. The molecule has 0 saturated heterocycles. The van der Waals surface area contributed by atoms with Gasteiger partial charge in [0.1, 0.15) is 5.75 Å². The van der Waals surface area contributed by atoms with Crippen molar-refractivity contribution in [3.63, 3.8) is 0 Å². The van der Waals surface area contributed by atoms with Crippen molar-refractivity contribution in [3.8, 4) is 5.75 Å². The van der Waals surface area contributed by atoms with Gasteiger partial charge in [-0.3, -0.25) is 0 Å². The molecule has 0 aliphatic rings. The maximum Gasteiger partial charge on any atom is 0.119 e. The van der Waals surface area contributed by atoms with Crippen LogP contribution in [-0.4, -0.2) is 18.3 Å². The number of rotatable bonds is 4. The smallest absolute Gasteiger partial charge is 0.119 e. The van der Waals surface area contributed by atoms with Gasteiger partial charge in [0.15, 0.2) is 0 Å². The topological polar surface area (TPSA) is 55.5 Å². The third-order valence-electron chi connectivity index (χ3n) is 2.31. The van der Waals surface area contributed by atoms with Crippen molar-refractivity contribution in [2.24, 2.45) is 5.73 Å². The van der Waals surface area contributed by atoms with Crippen LogP contribution in [0, 0.1) is 0 Å². The molecule has 0 unspecified atom stereocenters. The Bertz CT molecular complexity index is 288. The van der Waals surface area contributed by atoms with E-state index in [0.29, 0.717) is 6.42 Å². The quantitative estimate of drug-likeness (QED) is 0.764. The summed E-state index contributed by atoms with van der Waals surface area (Å²) in [6.45, 7) is 1.91. The van der Waals surface area contributed by atoms with Crippen molar-refractivity contribution in [1.82, 2.24) is 0 Å². The summed E-state index contributed by atoms with van der Waals surface area (Å²) in [5, 5.41) is 9.58. The van der Waals surface area contributed by atoms with E-state index in [1.54, 1.807) is 7.11 Å². The number of benzene rings is 1. The lowest BCUT2D eigenvalue weighted by atomic mass is 10.0. The van der Waals surface area contributed by atoms with E-state index in [0.717, 1.165) is 11.3 Å². The van der Waals surface area contributed by atoms with E-state index in [9.17, 15) is 5.11 Å². The van der Waals surface area contributed by atoms with Crippen molar-refractivity contribution >= 4 is 0 Å². The third kappa shape index (κ3) is 2.47. The van der Waals surface area contributed by atoms with Gasteiger partial charge in [-0.05, 0) is 24.1 Å². The summed E-state index contributed by atoms with van der Waals surface area (Å²) in [6, 6.07) is 7.13. The molecular weight excluding hydrogens is 178 g/mol. The van der Waals surface area contributed by atoms with E-state index >= 15 is 0 Å². The SMILES string of the molecule is CC[C@@H](O)[C@@H](N)c1cccc(OC)c1. The lowest BCUT2D eigenvalue weighted by molar-refractivity contribution is 0.140. The Hall–Kier alpha value is -1.06. The van der Waals surface area contributed by atoms with Gasteiger partial charge < -0.3 is 15.6 Å². The van der Waals surface area contributed by atoms with Crippen LogP contribution in [0.2, 0.25) is 0 Å². The Morgan fingerprint density at radius 3 is 2.79 bits per heavy atom. The maximum atomic E-state index is 9.58. The zero-order valence-corrected chi connectivity index (χ0v) is 8.60. The Balaban J connectivity index is 2.83. The zero-order chi connectivity index (χ0) is 10.6. The monoisotopic (exact) mass is 195 g/mol. The molecule has 1 aromatic carbocycles. The van der Waals surface area contributed by atoms with E-state index in [4.69, 9.17) is 10.5 Å². The highest BCUT2D eigenvalue weighted by Gasteiger charge is 2.14. The van der Waals surface area contributed by atoms with Crippen LogP contribution in [0.15, 0.2) is 24.3 Å². The molecule has 2 atom stereocenters. The molecule has 3 heteroatoms. The van der Waals surface area contributed by atoms with Crippen molar-refractivity contribution in [3.05, 3.63) is 29.8 Å². The van der Waals surface area contributed by atoms with Crippen molar-refractivity contribution in [2.75, 3.05) is 7.11 Å². The summed E-state index contributed by atoms with van der Waals surface area (Å²) in [5.74, 6) is 0.765. The third-order valence-corrected chi connectivity index (χ3v) is 2.31. The highest BCUT2D eigenvalue weighted by atomic mass is 16.5. The fourth-order valence-corrected chi connectivity index (χ4v) is 1.32. The van der Waals surface area contributed by atoms with Gasteiger partial charge in [0.25, 0.3) is 0 Å². The predicted octanol–water partition coefficient (Wildman–Crippen LogP) is 1.47. The van der Waals surface area contributed by atoms with Crippen LogP contribution in [-0.2, 0) is 0 Å². The average Bonchev–Trinajstić information content (AvgIpc) is 2.27. The summed E-state index contributed by atoms with van der Waals surface area (Å²) in [4.78, 5) is 0. The molecule has 0 radical (unpaired) electrons. The standard InChI is InChI=1S/C11H17NO2/c1-3-10(13)11(12)8-5-4-6-9(7-8)14-2/h4-7,10-11,13H,3,12H2,1-2H3/t10-,11+/m1/s1. The van der Waals surface area contributed by atoms with Crippen LogP contribution in [0.3, 0.4) is 0 Å². The first-order chi connectivity index (χ1) is 6.69. The number of ether oxygens (including phenoxy) is 1. The molecule has 0 aliphatic carbocycles. The minimum atomic E-state index is -0.498. The fraction of sp³-hybridized carbons (Fsp3) is 0.455. The van der Waals surface area contributed by atoms with Crippen LogP contribution in [0.1, 0.15) is 24.9 Å². The number of hydrogen-bond donors (Lipinski definition) is 2. The number of methoxy groups -OCH3 is 1. The molecule has 0 spiro atoms. The highest BCUT2D eigenvalue weighted by Crippen LogP contribution is 2.20. The molecular formula is C11H17NO2. The predicted molar refractivity (Wildman–Crippen MR) is 56.2 cm³/mol. The van der Waals surface area contributed by atoms with Gasteiger partial charge in [0.2, 0.25) is 0 Å². The van der Waals surface area contributed by atoms with Crippen LogP contribution in [0.4, 0.5) is 0 Å². The normalized spacial score (nSPS) is 14.9. The van der Waals surface area contributed by atoms with Crippen LogP contribution in [0.25, 0.3) is 0 Å². The molecule has 3 N–H and O–H groups in total. The largest absolute Gasteiger partial charge is 0.497 e. The van der Waals surface area contributed by atoms with Crippen molar-refractivity contribution in [2.45, 2.75) is 25.5 Å². The summed E-state index contributed by atoms with van der Waals surface area (Å²) < 4.78 is 5.08. The summed E-state index contributed by atoms with van der Waals surface area (Å²) >= 11 is 0. The minimum absolute atomic E-state index is 0.338. The van der Waals surface area contributed by atoms with E-state index < -0.39 is 6.10 Å². The summed E-state index contributed by atoms with van der Waals surface area (Å²) in [6.07, 6.45) is 0.153. The molecule has 0 aromatic heterocycles. The summed E-state index contributed by atoms with van der Waals surface area (Å²) in [7, 11) is 1.61. The lowest BCUT2D eigenvalue weighted by Crippen LogP contribution is -2.25.